The third-order valence-corrected chi connectivity index (χ3v) is 6.05. The van der Waals surface area contributed by atoms with Crippen LogP contribution < -0.4 is 10.1 Å². The second-order valence-corrected chi connectivity index (χ2v) is 8.14. The maximum atomic E-state index is 12.6. The predicted octanol–water partition coefficient (Wildman–Crippen LogP) is 1.28. The minimum Gasteiger partial charge on any atom is -0.482 e. The molecule has 1 N–H and O–H groups in total. The lowest BCUT2D eigenvalue weighted by atomic mass is 10.3. The molecule has 1 fully saturated rings. The first-order chi connectivity index (χ1) is 12.9. The van der Waals surface area contributed by atoms with E-state index in [0.717, 1.165) is 0 Å². The van der Waals surface area contributed by atoms with Crippen molar-refractivity contribution in [2.75, 3.05) is 52.7 Å². The molecule has 2 rings (SSSR count). The predicted molar refractivity (Wildman–Crippen MR) is 101 cm³/mol. The van der Waals surface area contributed by atoms with Gasteiger partial charge in [0.05, 0.1) is 23.1 Å². The standard InChI is InChI=1S/C17H25ClN2O6S/c1-2-24-9-3-6-19-17(21)13-26-16-5-4-14(12-15(16)18)27(22,23)20-7-10-25-11-8-20/h4-5,12H,2-3,6-11,13H2,1H3,(H,19,21). The number of carbonyl (C=O) groups excluding carboxylic acids is 1. The fourth-order valence-corrected chi connectivity index (χ4v) is 4.17. The van der Waals surface area contributed by atoms with Gasteiger partial charge in [-0.1, -0.05) is 11.6 Å². The number of hydrogen-bond acceptors (Lipinski definition) is 6. The molecular weight excluding hydrogens is 396 g/mol. The van der Waals surface area contributed by atoms with E-state index in [-0.39, 0.29) is 28.2 Å². The fraction of sp³-hybridized carbons (Fsp3) is 0.588. The SMILES string of the molecule is CCOCCCNC(=O)COc1ccc(S(=O)(=O)N2CCOCC2)cc1Cl. The molecule has 1 aromatic rings. The van der Waals surface area contributed by atoms with Gasteiger partial charge in [-0.05, 0) is 31.5 Å². The Morgan fingerprint density at radius 3 is 2.74 bits per heavy atom. The van der Waals surface area contributed by atoms with E-state index in [0.29, 0.717) is 52.5 Å². The van der Waals surface area contributed by atoms with Crippen LogP contribution in [0.15, 0.2) is 23.1 Å². The molecule has 10 heteroatoms. The Morgan fingerprint density at radius 1 is 1.33 bits per heavy atom. The number of benzene rings is 1. The van der Waals surface area contributed by atoms with Crippen LogP contribution in [0.1, 0.15) is 13.3 Å². The summed E-state index contributed by atoms with van der Waals surface area (Å²) in [6, 6.07) is 4.21. The van der Waals surface area contributed by atoms with Gasteiger partial charge in [0, 0.05) is 32.8 Å². The second-order valence-electron chi connectivity index (χ2n) is 5.80. The molecule has 8 nitrogen and oxygen atoms in total. The molecule has 1 aromatic carbocycles. The Labute approximate surface area is 164 Å². The third-order valence-electron chi connectivity index (χ3n) is 3.86. The summed E-state index contributed by atoms with van der Waals surface area (Å²) in [4.78, 5) is 11.8. The van der Waals surface area contributed by atoms with Gasteiger partial charge in [-0.25, -0.2) is 8.42 Å². The Bertz CT molecular complexity index is 722. The molecule has 0 aliphatic carbocycles. The van der Waals surface area contributed by atoms with Crippen LogP contribution in [0, 0.1) is 0 Å². The summed E-state index contributed by atoms with van der Waals surface area (Å²) in [7, 11) is -3.63. The van der Waals surface area contributed by atoms with Crippen molar-refractivity contribution in [1.82, 2.24) is 9.62 Å². The zero-order valence-electron chi connectivity index (χ0n) is 15.3. The van der Waals surface area contributed by atoms with E-state index >= 15 is 0 Å². The monoisotopic (exact) mass is 420 g/mol. The van der Waals surface area contributed by atoms with Gasteiger partial charge in [0.2, 0.25) is 10.0 Å². The molecule has 1 aliphatic rings. The number of morpholine rings is 1. The van der Waals surface area contributed by atoms with Crippen LogP contribution in [0.4, 0.5) is 0 Å². The van der Waals surface area contributed by atoms with Gasteiger partial charge in [0.25, 0.3) is 5.91 Å². The van der Waals surface area contributed by atoms with Crippen LogP contribution in [0.3, 0.4) is 0 Å². The van der Waals surface area contributed by atoms with Crippen molar-refractivity contribution in [3.63, 3.8) is 0 Å². The van der Waals surface area contributed by atoms with E-state index in [2.05, 4.69) is 5.32 Å². The normalized spacial score (nSPS) is 15.5. The number of ether oxygens (including phenoxy) is 3. The number of amides is 1. The highest BCUT2D eigenvalue weighted by molar-refractivity contribution is 7.89. The number of nitrogens with one attached hydrogen (secondary N) is 1. The van der Waals surface area contributed by atoms with E-state index in [1.807, 2.05) is 6.92 Å². The van der Waals surface area contributed by atoms with Gasteiger partial charge >= 0.3 is 0 Å². The maximum absolute atomic E-state index is 12.6. The third kappa shape index (κ3) is 6.62. The van der Waals surface area contributed by atoms with Gasteiger partial charge in [-0.2, -0.15) is 4.31 Å². The van der Waals surface area contributed by atoms with Gasteiger partial charge in [-0.15, -0.1) is 0 Å². The van der Waals surface area contributed by atoms with Gasteiger partial charge < -0.3 is 19.5 Å². The molecule has 27 heavy (non-hydrogen) atoms. The molecule has 1 amide bonds. The van der Waals surface area contributed by atoms with Crippen molar-refractivity contribution in [1.29, 1.82) is 0 Å². The van der Waals surface area contributed by atoms with Crippen LogP contribution in [0.25, 0.3) is 0 Å². The van der Waals surface area contributed by atoms with Crippen molar-refractivity contribution in [2.24, 2.45) is 0 Å². The van der Waals surface area contributed by atoms with Crippen molar-refractivity contribution >= 4 is 27.5 Å². The molecule has 0 aromatic heterocycles. The summed E-state index contributed by atoms with van der Waals surface area (Å²) in [5.74, 6) is -0.0327. The topological polar surface area (TPSA) is 94.2 Å². The molecule has 1 saturated heterocycles. The molecule has 152 valence electrons. The van der Waals surface area contributed by atoms with E-state index in [1.165, 1.54) is 22.5 Å². The molecule has 0 radical (unpaired) electrons. The van der Waals surface area contributed by atoms with Crippen molar-refractivity contribution in [3.8, 4) is 5.75 Å². The van der Waals surface area contributed by atoms with Gasteiger partial charge in [0.15, 0.2) is 6.61 Å². The molecule has 0 spiro atoms. The van der Waals surface area contributed by atoms with Crippen molar-refractivity contribution < 1.29 is 27.4 Å². The number of sulfonamides is 1. The summed E-state index contributed by atoms with van der Waals surface area (Å²) in [5.41, 5.74) is 0. The molecule has 0 unspecified atom stereocenters. The first kappa shape index (κ1) is 21.9. The van der Waals surface area contributed by atoms with Crippen LogP contribution in [0.2, 0.25) is 5.02 Å². The average molecular weight is 421 g/mol. The highest BCUT2D eigenvalue weighted by Gasteiger charge is 2.27. The summed E-state index contributed by atoms with van der Waals surface area (Å²) in [5, 5.41) is 2.84. The molecule has 1 heterocycles. The molecule has 0 atom stereocenters. The lowest BCUT2D eigenvalue weighted by Crippen LogP contribution is -2.40. The number of rotatable bonds is 10. The van der Waals surface area contributed by atoms with E-state index in [1.54, 1.807) is 0 Å². The highest BCUT2D eigenvalue weighted by Crippen LogP contribution is 2.29. The van der Waals surface area contributed by atoms with E-state index < -0.39 is 10.0 Å². The van der Waals surface area contributed by atoms with Crippen molar-refractivity contribution in [3.05, 3.63) is 23.2 Å². The summed E-state index contributed by atoms with van der Waals surface area (Å²) in [6.07, 6.45) is 0.717. The average Bonchev–Trinajstić information content (AvgIpc) is 2.67. The molecule has 0 bridgehead atoms. The summed E-state index contributed by atoms with van der Waals surface area (Å²) in [6.45, 7) is 4.78. The first-order valence-corrected chi connectivity index (χ1v) is 10.6. The van der Waals surface area contributed by atoms with Gasteiger partial charge in [0.1, 0.15) is 5.75 Å². The number of carbonyl (C=O) groups is 1. The molecule has 0 saturated carbocycles. The van der Waals surface area contributed by atoms with Crippen LogP contribution in [0.5, 0.6) is 5.75 Å². The van der Waals surface area contributed by atoms with E-state index in [9.17, 15) is 13.2 Å². The number of nitrogens with zero attached hydrogens (tertiary/aromatic N) is 1. The minimum absolute atomic E-state index is 0.0853. The number of hydrogen-bond donors (Lipinski definition) is 1. The fourth-order valence-electron chi connectivity index (χ4n) is 2.44. The zero-order valence-corrected chi connectivity index (χ0v) is 16.9. The highest BCUT2D eigenvalue weighted by atomic mass is 35.5. The lowest BCUT2D eigenvalue weighted by Gasteiger charge is -2.26. The lowest BCUT2D eigenvalue weighted by molar-refractivity contribution is -0.123. The largest absolute Gasteiger partial charge is 0.482 e. The minimum atomic E-state index is -3.63. The first-order valence-electron chi connectivity index (χ1n) is 8.80. The second kappa shape index (κ2) is 10.8. The van der Waals surface area contributed by atoms with Crippen LogP contribution in [-0.2, 0) is 24.3 Å². The van der Waals surface area contributed by atoms with Crippen LogP contribution >= 0.6 is 11.6 Å². The Morgan fingerprint density at radius 2 is 2.07 bits per heavy atom. The Balaban J connectivity index is 1.88. The Kier molecular flexibility index (Phi) is 8.78. The Hall–Kier alpha value is -1.39. The quantitative estimate of drug-likeness (QED) is 0.573. The van der Waals surface area contributed by atoms with Crippen molar-refractivity contribution in [2.45, 2.75) is 18.2 Å². The van der Waals surface area contributed by atoms with E-state index in [4.69, 9.17) is 25.8 Å². The molecule has 1 aliphatic heterocycles. The number of halogens is 1. The summed E-state index contributed by atoms with van der Waals surface area (Å²) < 4.78 is 42.3. The molecular formula is C17H25ClN2O6S. The zero-order chi connectivity index (χ0) is 19.7. The van der Waals surface area contributed by atoms with Gasteiger partial charge in [-0.3, -0.25) is 4.79 Å². The van der Waals surface area contributed by atoms with Crippen LogP contribution in [-0.4, -0.2) is 71.3 Å². The summed E-state index contributed by atoms with van der Waals surface area (Å²) >= 11 is 6.14. The smallest absolute Gasteiger partial charge is 0.257 e. The maximum Gasteiger partial charge on any atom is 0.257 e.